The Balaban J connectivity index is 2.95. The van der Waals surface area contributed by atoms with Crippen LogP contribution in [0, 0.1) is 0 Å². The average molecular weight is 189 g/mol. The van der Waals surface area contributed by atoms with Crippen molar-refractivity contribution in [2.45, 2.75) is 6.42 Å². The van der Waals surface area contributed by atoms with Gasteiger partial charge in [0.25, 0.3) is 0 Å². The van der Waals surface area contributed by atoms with Gasteiger partial charge in [-0.15, -0.1) is 0 Å². The summed E-state index contributed by atoms with van der Waals surface area (Å²) < 4.78 is 0. The van der Waals surface area contributed by atoms with Crippen molar-refractivity contribution in [3.8, 4) is 0 Å². The smallest absolute Gasteiger partial charge is 0.221 e. The highest BCUT2D eigenvalue weighted by Gasteiger charge is 1.95. The van der Waals surface area contributed by atoms with E-state index in [-0.39, 0.29) is 12.5 Å². The number of amides is 1. The molecule has 0 atom stereocenters. The molecular formula is C8H19N3O2. The van der Waals surface area contributed by atoms with Crippen molar-refractivity contribution in [2.75, 3.05) is 39.8 Å². The number of rotatable bonds is 8. The summed E-state index contributed by atoms with van der Waals surface area (Å²) in [4.78, 5) is 10.7. The second-order valence-corrected chi connectivity index (χ2v) is 2.65. The van der Waals surface area contributed by atoms with Gasteiger partial charge in [-0.3, -0.25) is 4.79 Å². The molecule has 0 heterocycles. The Morgan fingerprint density at radius 1 is 1.15 bits per heavy atom. The van der Waals surface area contributed by atoms with Crippen molar-refractivity contribution >= 4 is 5.91 Å². The Hall–Kier alpha value is -0.650. The lowest BCUT2D eigenvalue weighted by Crippen LogP contribution is -2.31. The highest BCUT2D eigenvalue weighted by molar-refractivity contribution is 5.75. The molecule has 5 nitrogen and oxygen atoms in total. The lowest BCUT2D eigenvalue weighted by Gasteiger charge is -2.04. The fraction of sp³-hybridized carbons (Fsp3) is 0.875. The zero-order valence-corrected chi connectivity index (χ0v) is 8.10. The molecule has 1 amide bonds. The van der Waals surface area contributed by atoms with Crippen LogP contribution in [-0.4, -0.2) is 50.8 Å². The van der Waals surface area contributed by atoms with Gasteiger partial charge < -0.3 is 21.1 Å². The van der Waals surface area contributed by atoms with Crippen molar-refractivity contribution in [2.24, 2.45) is 0 Å². The molecule has 0 bridgehead atoms. The normalized spacial score (nSPS) is 10.0. The van der Waals surface area contributed by atoms with Gasteiger partial charge in [0.05, 0.1) is 6.61 Å². The summed E-state index contributed by atoms with van der Waals surface area (Å²) in [5, 5.41) is 17.1. The maximum Gasteiger partial charge on any atom is 0.221 e. The summed E-state index contributed by atoms with van der Waals surface area (Å²) in [6.45, 7) is 3.11. The number of carbonyl (C=O) groups is 1. The second-order valence-electron chi connectivity index (χ2n) is 2.65. The minimum Gasteiger partial charge on any atom is -0.395 e. The molecule has 0 aliphatic carbocycles. The fourth-order valence-electron chi connectivity index (χ4n) is 0.833. The van der Waals surface area contributed by atoms with E-state index in [9.17, 15) is 4.79 Å². The first kappa shape index (κ1) is 12.3. The van der Waals surface area contributed by atoms with E-state index >= 15 is 0 Å². The monoisotopic (exact) mass is 189 g/mol. The van der Waals surface area contributed by atoms with Crippen LogP contribution in [-0.2, 0) is 4.79 Å². The van der Waals surface area contributed by atoms with Gasteiger partial charge in [0.2, 0.25) is 5.91 Å². The van der Waals surface area contributed by atoms with Crippen molar-refractivity contribution in [1.29, 1.82) is 0 Å². The Labute approximate surface area is 78.9 Å². The quantitative estimate of drug-likeness (QED) is 0.343. The van der Waals surface area contributed by atoms with Crippen LogP contribution in [0.5, 0.6) is 0 Å². The van der Waals surface area contributed by atoms with Gasteiger partial charge in [0, 0.05) is 39.6 Å². The van der Waals surface area contributed by atoms with Crippen molar-refractivity contribution < 1.29 is 9.90 Å². The van der Waals surface area contributed by atoms with Gasteiger partial charge in [-0.05, 0) is 0 Å². The zero-order valence-electron chi connectivity index (χ0n) is 8.10. The van der Waals surface area contributed by atoms with E-state index < -0.39 is 0 Å². The molecule has 0 saturated carbocycles. The van der Waals surface area contributed by atoms with Crippen molar-refractivity contribution in [3.05, 3.63) is 0 Å². The number of carbonyl (C=O) groups excluding carboxylic acids is 1. The Bertz CT molecular complexity index is 131. The molecule has 78 valence electrons. The van der Waals surface area contributed by atoms with Crippen LogP contribution in [0.15, 0.2) is 0 Å². The van der Waals surface area contributed by atoms with Crippen LogP contribution in [0.2, 0.25) is 0 Å². The molecule has 0 aromatic rings. The van der Waals surface area contributed by atoms with Crippen LogP contribution in [0.3, 0.4) is 0 Å². The molecule has 4 N–H and O–H groups in total. The molecule has 0 spiro atoms. The molecule has 0 rings (SSSR count). The SMILES string of the molecule is CNC(=O)CCNCCNCCO. The number of aliphatic hydroxyl groups excluding tert-OH is 1. The number of aliphatic hydroxyl groups is 1. The summed E-state index contributed by atoms with van der Waals surface area (Å²) in [5.41, 5.74) is 0. The second kappa shape index (κ2) is 9.44. The van der Waals surface area contributed by atoms with Crippen LogP contribution in [0.25, 0.3) is 0 Å². The Kier molecular flexibility index (Phi) is 8.97. The predicted molar refractivity (Wildman–Crippen MR) is 51.5 cm³/mol. The first-order valence-corrected chi connectivity index (χ1v) is 4.54. The van der Waals surface area contributed by atoms with Gasteiger partial charge in [-0.25, -0.2) is 0 Å². The van der Waals surface area contributed by atoms with Crippen molar-refractivity contribution in [1.82, 2.24) is 16.0 Å². The molecule has 0 aliphatic heterocycles. The summed E-state index contributed by atoms with van der Waals surface area (Å²) in [5.74, 6) is 0.0517. The maximum atomic E-state index is 10.7. The van der Waals surface area contributed by atoms with Crippen LogP contribution >= 0.6 is 0 Å². The fourth-order valence-corrected chi connectivity index (χ4v) is 0.833. The first-order valence-electron chi connectivity index (χ1n) is 4.54. The average Bonchev–Trinajstić information content (AvgIpc) is 2.16. The van der Waals surface area contributed by atoms with E-state index in [2.05, 4.69) is 16.0 Å². The van der Waals surface area contributed by atoms with E-state index in [1.54, 1.807) is 7.05 Å². The van der Waals surface area contributed by atoms with E-state index in [0.29, 0.717) is 19.5 Å². The summed E-state index contributed by atoms with van der Waals surface area (Å²) in [6.07, 6.45) is 0.510. The Morgan fingerprint density at radius 2 is 1.77 bits per heavy atom. The van der Waals surface area contributed by atoms with E-state index in [0.717, 1.165) is 13.1 Å². The largest absolute Gasteiger partial charge is 0.395 e. The molecule has 0 aliphatic rings. The van der Waals surface area contributed by atoms with Crippen LogP contribution < -0.4 is 16.0 Å². The lowest BCUT2D eigenvalue weighted by molar-refractivity contribution is -0.120. The number of hydrogen-bond acceptors (Lipinski definition) is 4. The summed E-state index contributed by atoms with van der Waals surface area (Å²) >= 11 is 0. The molecule has 0 aromatic carbocycles. The van der Waals surface area contributed by atoms with Gasteiger partial charge in [-0.2, -0.15) is 0 Å². The van der Waals surface area contributed by atoms with Gasteiger partial charge in [-0.1, -0.05) is 0 Å². The van der Waals surface area contributed by atoms with E-state index in [4.69, 9.17) is 5.11 Å². The predicted octanol–water partition coefficient (Wildman–Crippen LogP) is -1.71. The third kappa shape index (κ3) is 9.26. The molecule has 0 radical (unpaired) electrons. The molecule has 5 heteroatoms. The molecule has 0 aromatic heterocycles. The number of hydrogen-bond donors (Lipinski definition) is 4. The molecule has 0 saturated heterocycles. The summed E-state index contributed by atoms with van der Waals surface area (Å²) in [7, 11) is 1.63. The summed E-state index contributed by atoms with van der Waals surface area (Å²) in [6, 6.07) is 0. The lowest BCUT2D eigenvalue weighted by atomic mass is 10.4. The molecule has 0 fully saturated rings. The molecular weight excluding hydrogens is 170 g/mol. The minimum atomic E-state index is 0.0517. The van der Waals surface area contributed by atoms with Gasteiger partial charge in [0.1, 0.15) is 0 Å². The van der Waals surface area contributed by atoms with Crippen molar-refractivity contribution in [3.63, 3.8) is 0 Å². The topological polar surface area (TPSA) is 73.4 Å². The molecule has 0 unspecified atom stereocenters. The number of nitrogens with one attached hydrogen (secondary N) is 3. The Morgan fingerprint density at radius 3 is 2.31 bits per heavy atom. The van der Waals surface area contributed by atoms with Gasteiger partial charge in [0.15, 0.2) is 0 Å². The van der Waals surface area contributed by atoms with E-state index in [1.165, 1.54) is 0 Å². The standard InChI is InChI=1S/C8H19N3O2/c1-9-8(13)2-3-10-4-5-11-6-7-12/h10-12H,2-7H2,1H3,(H,9,13). The highest BCUT2D eigenvalue weighted by atomic mass is 16.3. The molecule has 13 heavy (non-hydrogen) atoms. The van der Waals surface area contributed by atoms with Gasteiger partial charge >= 0.3 is 0 Å². The minimum absolute atomic E-state index is 0.0517. The van der Waals surface area contributed by atoms with Crippen LogP contribution in [0.1, 0.15) is 6.42 Å². The maximum absolute atomic E-state index is 10.7. The highest BCUT2D eigenvalue weighted by Crippen LogP contribution is 1.74. The zero-order chi connectivity index (χ0) is 9.94. The van der Waals surface area contributed by atoms with Crippen LogP contribution in [0.4, 0.5) is 0 Å². The first-order chi connectivity index (χ1) is 6.31. The van der Waals surface area contributed by atoms with E-state index in [1.807, 2.05) is 0 Å². The third-order valence-electron chi connectivity index (χ3n) is 1.57. The third-order valence-corrected chi connectivity index (χ3v) is 1.57.